The van der Waals surface area contributed by atoms with Gasteiger partial charge in [0.1, 0.15) is 11.5 Å². The molecule has 1 amide bonds. The zero-order valence-corrected chi connectivity index (χ0v) is 13.9. The predicted octanol–water partition coefficient (Wildman–Crippen LogP) is 1.10. The molecule has 0 N–H and O–H groups in total. The Morgan fingerprint density at radius 2 is 1.96 bits per heavy atom. The summed E-state index contributed by atoms with van der Waals surface area (Å²) in [6.07, 6.45) is 3.43. The van der Waals surface area contributed by atoms with Crippen molar-refractivity contribution in [2.45, 2.75) is 0 Å². The lowest BCUT2D eigenvalue weighted by Gasteiger charge is -2.35. The highest BCUT2D eigenvalue weighted by atomic mass is 16.5. The number of imidazole rings is 1. The summed E-state index contributed by atoms with van der Waals surface area (Å²) in [6.45, 7) is 2.78. The number of pyridine rings is 1. The van der Waals surface area contributed by atoms with E-state index in [0.717, 1.165) is 18.9 Å². The first-order valence-electron chi connectivity index (χ1n) is 8.10. The highest BCUT2D eigenvalue weighted by Gasteiger charge is 2.24. The Morgan fingerprint density at radius 3 is 2.68 bits per heavy atom. The average Bonchev–Trinajstić information content (AvgIpc) is 3.11. The third kappa shape index (κ3) is 2.98. The second kappa shape index (κ2) is 6.39. The molecular formula is C17H18N6O2. The van der Waals surface area contributed by atoms with E-state index in [1.807, 2.05) is 23.1 Å². The first kappa shape index (κ1) is 15.4. The number of fused-ring (bicyclic) bond motifs is 1. The highest BCUT2D eigenvalue weighted by molar-refractivity contribution is 5.93. The Morgan fingerprint density at radius 1 is 1.12 bits per heavy atom. The number of methoxy groups -OCH3 is 1. The van der Waals surface area contributed by atoms with Crippen molar-refractivity contribution >= 4 is 17.4 Å². The van der Waals surface area contributed by atoms with E-state index in [1.165, 1.54) is 0 Å². The Labute approximate surface area is 144 Å². The molecule has 3 aromatic heterocycles. The topological polar surface area (TPSA) is 75.9 Å². The molecule has 0 saturated carbocycles. The minimum atomic E-state index is -0.0786. The maximum Gasteiger partial charge on any atom is 0.274 e. The maximum atomic E-state index is 12.7. The van der Waals surface area contributed by atoms with E-state index in [-0.39, 0.29) is 5.91 Å². The van der Waals surface area contributed by atoms with E-state index in [1.54, 1.807) is 36.2 Å². The molecule has 128 valence electrons. The van der Waals surface area contributed by atoms with Gasteiger partial charge in [-0.3, -0.25) is 4.79 Å². The van der Waals surface area contributed by atoms with Gasteiger partial charge in [0, 0.05) is 38.4 Å². The number of carbonyl (C=O) groups excluding carboxylic acids is 1. The van der Waals surface area contributed by atoms with Crippen LogP contribution in [0.1, 0.15) is 10.5 Å². The van der Waals surface area contributed by atoms with Crippen molar-refractivity contribution in [3.8, 4) is 5.88 Å². The zero-order valence-electron chi connectivity index (χ0n) is 13.9. The van der Waals surface area contributed by atoms with E-state index >= 15 is 0 Å². The van der Waals surface area contributed by atoms with Crippen molar-refractivity contribution in [1.29, 1.82) is 0 Å². The second-order valence-corrected chi connectivity index (χ2v) is 5.77. The number of aromatic nitrogens is 4. The summed E-state index contributed by atoms with van der Waals surface area (Å²) in [4.78, 5) is 25.5. The van der Waals surface area contributed by atoms with Crippen LogP contribution in [0.2, 0.25) is 0 Å². The summed E-state index contributed by atoms with van der Waals surface area (Å²) in [6, 6.07) is 9.36. The number of piperazine rings is 1. The molecule has 1 aliphatic rings. The molecule has 25 heavy (non-hydrogen) atoms. The van der Waals surface area contributed by atoms with Crippen LogP contribution < -0.4 is 9.64 Å². The van der Waals surface area contributed by atoms with Gasteiger partial charge < -0.3 is 14.5 Å². The number of rotatable bonds is 3. The fraction of sp³-hybridized carbons (Fsp3) is 0.294. The van der Waals surface area contributed by atoms with Crippen LogP contribution in [-0.2, 0) is 0 Å². The van der Waals surface area contributed by atoms with Crippen molar-refractivity contribution < 1.29 is 9.53 Å². The number of ether oxygens (including phenoxy) is 1. The van der Waals surface area contributed by atoms with Gasteiger partial charge in [-0.15, -0.1) is 5.10 Å². The van der Waals surface area contributed by atoms with Gasteiger partial charge in [-0.05, 0) is 18.2 Å². The van der Waals surface area contributed by atoms with Gasteiger partial charge in [0.2, 0.25) is 5.88 Å². The average molecular weight is 338 g/mol. The first-order chi connectivity index (χ1) is 12.2. The summed E-state index contributed by atoms with van der Waals surface area (Å²) < 4.78 is 6.66. The molecule has 0 atom stereocenters. The molecule has 1 fully saturated rings. The van der Waals surface area contributed by atoms with Crippen LogP contribution in [-0.4, -0.2) is 63.7 Å². The van der Waals surface area contributed by atoms with Gasteiger partial charge in [-0.25, -0.2) is 14.5 Å². The predicted molar refractivity (Wildman–Crippen MR) is 91.9 cm³/mol. The molecule has 4 rings (SSSR count). The number of amides is 1. The molecule has 1 saturated heterocycles. The number of nitrogens with zero attached hydrogens (tertiary/aromatic N) is 6. The van der Waals surface area contributed by atoms with Gasteiger partial charge >= 0.3 is 0 Å². The third-order valence-corrected chi connectivity index (χ3v) is 4.26. The van der Waals surface area contributed by atoms with Crippen molar-refractivity contribution in [1.82, 2.24) is 24.5 Å². The standard InChI is InChI=1S/C17H18N6O2/c1-25-16-6-5-15-19-13(12-23(15)20-16)17(24)22-10-8-21(9-11-22)14-4-2-3-7-18-14/h2-7,12H,8-11H2,1H3. The van der Waals surface area contributed by atoms with Crippen molar-refractivity contribution in [3.05, 3.63) is 48.4 Å². The quantitative estimate of drug-likeness (QED) is 0.712. The summed E-state index contributed by atoms with van der Waals surface area (Å²) in [5, 5.41) is 4.24. The summed E-state index contributed by atoms with van der Waals surface area (Å²) in [5.41, 5.74) is 1.02. The van der Waals surface area contributed by atoms with E-state index in [2.05, 4.69) is 20.0 Å². The molecule has 0 aliphatic carbocycles. The highest BCUT2D eigenvalue weighted by Crippen LogP contribution is 2.15. The lowest BCUT2D eigenvalue weighted by Crippen LogP contribution is -2.49. The van der Waals surface area contributed by atoms with Crippen LogP contribution in [0.4, 0.5) is 5.82 Å². The fourth-order valence-electron chi connectivity index (χ4n) is 2.92. The smallest absolute Gasteiger partial charge is 0.274 e. The molecule has 8 heteroatoms. The van der Waals surface area contributed by atoms with E-state index in [9.17, 15) is 4.79 Å². The van der Waals surface area contributed by atoms with Crippen molar-refractivity contribution in [3.63, 3.8) is 0 Å². The van der Waals surface area contributed by atoms with Crippen molar-refractivity contribution in [2.75, 3.05) is 38.2 Å². The van der Waals surface area contributed by atoms with Gasteiger partial charge in [-0.2, -0.15) is 0 Å². The van der Waals surface area contributed by atoms with Gasteiger partial charge in [-0.1, -0.05) is 6.07 Å². The van der Waals surface area contributed by atoms with E-state index in [4.69, 9.17) is 4.74 Å². The van der Waals surface area contributed by atoms with Crippen LogP contribution in [0.25, 0.3) is 5.65 Å². The SMILES string of the molecule is COc1ccc2nc(C(=O)N3CCN(c4ccccn4)CC3)cn2n1. The Bertz CT molecular complexity index is 887. The summed E-state index contributed by atoms with van der Waals surface area (Å²) in [7, 11) is 1.55. The van der Waals surface area contributed by atoms with E-state index in [0.29, 0.717) is 30.3 Å². The minimum absolute atomic E-state index is 0.0786. The summed E-state index contributed by atoms with van der Waals surface area (Å²) >= 11 is 0. The largest absolute Gasteiger partial charge is 0.480 e. The maximum absolute atomic E-state index is 12.7. The molecule has 0 radical (unpaired) electrons. The van der Waals surface area contributed by atoms with E-state index < -0.39 is 0 Å². The Hall–Kier alpha value is -3.16. The molecule has 0 bridgehead atoms. The number of carbonyl (C=O) groups is 1. The lowest BCUT2D eigenvalue weighted by molar-refractivity contribution is 0.0741. The molecule has 4 heterocycles. The fourth-order valence-corrected chi connectivity index (χ4v) is 2.92. The van der Waals surface area contributed by atoms with Crippen molar-refractivity contribution in [2.24, 2.45) is 0 Å². The molecule has 0 aromatic carbocycles. The zero-order chi connectivity index (χ0) is 17.2. The molecular weight excluding hydrogens is 320 g/mol. The second-order valence-electron chi connectivity index (χ2n) is 5.77. The molecule has 8 nitrogen and oxygen atoms in total. The van der Waals surface area contributed by atoms with Gasteiger partial charge in [0.15, 0.2) is 5.65 Å². The monoisotopic (exact) mass is 338 g/mol. The third-order valence-electron chi connectivity index (χ3n) is 4.26. The van der Waals surface area contributed by atoms with Crippen LogP contribution in [0, 0.1) is 0 Å². The molecule has 1 aliphatic heterocycles. The van der Waals surface area contributed by atoms with Crippen LogP contribution in [0.15, 0.2) is 42.7 Å². The van der Waals surface area contributed by atoms with Gasteiger partial charge in [0.25, 0.3) is 5.91 Å². The normalized spacial score (nSPS) is 14.8. The number of hydrogen-bond acceptors (Lipinski definition) is 6. The van der Waals surface area contributed by atoms with Crippen LogP contribution >= 0.6 is 0 Å². The number of anilines is 1. The lowest BCUT2D eigenvalue weighted by atomic mass is 10.2. The van der Waals surface area contributed by atoms with Crippen LogP contribution in [0.3, 0.4) is 0 Å². The minimum Gasteiger partial charge on any atom is -0.480 e. The molecule has 3 aromatic rings. The first-order valence-corrected chi connectivity index (χ1v) is 8.10. The molecule has 0 spiro atoms. The Balaban J connectivity index is 1.47. The molecule has 0 unspecified atom stereocenters. The van der Waals surface area contributed by atoms with Gasteiger partial charge in [0.05, 0.1) is 13.3 Å². The Kier molecular flexibility index (Phi) is 3.93. The van der Waals surface area contributed by atoms with Crippen LogP contribution in [0.5, 0.6) is 5.88 Å². The number of hydrogen-bond donors (Lipinski definition) is 0. The summed E-state index contributed by atoms with van der Waals surface area (Å²) in [5.74, 6) is 1.34.